The summed E-state index contributed by atoms with van der Waals surface area (Å²) in [5.74, 6) is 0.712. The minimum absolute atomic E-state index is 0.272. The first-order valence-corrected chi connectivity index (χ1v) is 4.50. The molecule has 2 heterocycles. The first-order chi connectivity index (χ1) is 6.36. The third-order valence-corrected chi connectivity index (χ3v) is 2.14. The average molecular weight is 179 g/mol. The van der Waals surface area contributed by atoms with Gasteiger partial charge in [-0.2, -0.15) is 0 Å². The van der Waals surface area contributed by atoms with Gasteiger partial charge in [0.25, 0.3) is 0 Å². The predicted molar refractivity (Wildman–Crippen MR) is 48.7 cm³/mol. The Balaban J connectivity index is 2.04. The lowest BCUT2D eigenvalue weighted by Crippen LogP contribution is -2.20. The molecule has 1 aromatic heterocycles. The van der Waals surface area contributed by atoms with Crippen LogP contribution >= 0.6 is 0 Å². The quantitative estimate of drug-likeness (QED) is 0.719. The number of hydrogen-bond acceptors (Lipinski definition) is 4. The molecule has 2 rings (SSSR count). The predicted octanol–water partition coefficient (Wildman–Crippen LogP) is 0.526. The number of ether oxygens (including phenoxy) is 1. The van der Waals surface area contributed by atoms with Gasteiger partial charge in [-0.05, 0) is 19.9 Å². The highest BCUT2D eigenvalue weighted by Gasteiger charge is 2.16. The summed E-state index contributed by atoms with van der Waals surface area (Å²) in [6, 6.07) is 0. The Morgan fingerprint density at radius 2 is 2.54 bits per heavy atom. The van der Waals surface area contributed by atoms with Crippen LogP contribution in [0, 0.1) is 6.92 Å². The fourth-order valence-electron chi connectivity index (χ4n) is 1.40. The van der Waals surface area contributed by atoms with Crippen LogP contribution in [-0.4, -0.2) is 29.2 Å². The molecular weight excluding hydrogens is 166 g/mol. The fourth-order valence-corrected chi connectivity index (χ4v) is 1.40. The molecule has 0 aliphatic carbocycles. The van der Waals surface area contributed by atoms with E-state index >= 15 is 0 Å². The van der Waals surface area contributed by atoms with Gasteiger partial charge >= 0.3 is 0 Å². The SMILES string of the molecule is Cc1cncnc1O[C@H]1CCNC1. The van der Waals surface area contributed by atoms with E-state index < -0.39 is 0 Å². The lowest BCUT2D eigenvalue weighted by Gasteiger charge is -2.12. The summed E-state index contributed by atoms with van der Waals surface area (Å²) in [5.41, 5.74) is 0.995. The summed E-state index contributed by atoms with van der Waals surface area (Å²) in [6.07, 6.45) is 4.62. The Morgan fingerprint density at radius 1 is 1.62 bits per heavy atom. The second-order valence-electron chi connectivity index (χ2n) is 3.24. The van der Waals surface area contributed by atoms with Crippen molar-refractivity contribution >= 4 is 0 Å². The Morgan fingerprint density at radius 3 is 3.23 bits per heavy atom. The van der Waals surface area contributed by atoms with Crippen LogP contribution in [0.3, 0.4) is 0 Å². The Bertz CT molecular complexity index is 284. The van der Waals surface area contributed by atoms with Gasteiger partial charge in [-0.3, -0.25) is 0 Å². The van der Waals surface area contributed by atoms with E-state index in [9.17, 15) is 0 Å². The maximum absolute atomic E-state index is 5.69. The van der Waals surface area contributed by atoms with Crippen molar-refractivity contribution in [2.24, 2.45) is 0 Å². The van der Waals surface area contributed by atoms with Crippen LogP contribution in [0.4, 0.5) is 0 Å². The minimum atomic E-state index is 0.272. The fraction of sp³-hybridized carbons (Fsp3) is 0.556. The van der Waals surface area contributed by atoms with Gasteiger partial charge in [0.1, 0.15) is 12.4 Å². The first-order valence-electron chi connectivity index (χ1n) is 4.50. The summed E-state index contributed by atoms with van der Waals surface area (Å²) in [7, 11) is 0. The molecule has 70 valence electrons. The van der Waals surface area contributed by atoms with Crippen molar-refractivity contribution in [3.05, 3.63) is 18.1 Å². The van der Waals surface area contributed by atoms with E-state index in [0.29, 0.717) is 5.88 Å². The molecule has 1 aliphatic heterocycles. The molecule has 1 aliphatic rings. The normalized spacial score (nSPS) is 21.8. The molecule has 1 aromatic rings. The van der Waals surface area contributed by atoms with E-state index in [0.717, 1.165) is 25.1 Å². The van der Waals surface area contributed by atoms with Crippen LogP contribution in [0.15, 0.2) is 12.5 Å². The zero-order valence-electron chi connectivity index (χ0n) is 7.66. The molecule has 0 amide bonds. The van der Waals surface area contributed by atoms with E-state index in [1.807, 2.05) is 6.92 Å². The van der Waals surface area contributed by atoms with E-state index in [1.165, 1.54) is 6.33 Å². The summed E-state index contributed by atoms with van der Waals surface area (Å²) < 4.78 is 5.69. The Kier molecular flexibility index (Phi) is 2.40. The lowest BCUT2D eigenvalue weighted by atomic mass is 10.3. The number of aryl methyl sites for hydroxylation is 1. The second kappa shape index (κ2) is 3.70. The number of nitrogens with one attached hydrogen (secondary N) is 1. The Labute approximate surface area is 77.4 Å². The van der Waals surface area contributed by atoms with Crippen LogP contribution in [-0.2, 0) is 0 Å². The van der Waals surface area contributed by atoms with E-state index in [-0.39, 0.29) is 6.10 Å². The molecule has 0 aromatic carbocycles. The average Bonchev–Trinajstić information content (AvgIpc) is 2.61. The van der Waals surface area contributed by atoms with Crippen LogP contribution < -0.4 is 10.1 Å². The van der Waals surface area contributed by atoms with E-state index in [2.05, 4.69) is 15.3 Å². The molecule has 1 saturated heterocycles. The van der Waals surface area contributed by atoms with Gasteiger partial charge in [0.2, 0.25) is 5.88 Å². The van der Waals surface area contributed by atoms with Crippen molar-refractivity contribution in [3.63, 3.8) is 0 Å². The number of rotatable bonds is 2. The zero-order chi connectivity index (χ0) is 9.10. The van der Waals surface area contributed by atoms with Gasteiger partial charge in [-0.1, -0.05) is 0 Å². The highest BCUT2D eigenvalue weighted by molar-refractivity contribution is 5.20. The molecule has 0 bridgehead atoms. The smallest absolute Gasteiger partial charge is 0.219 e. The van der Waals surface area contributed by atoms with Gasteiger partial charge in [-0.15, -0.1) is 0 Å². The van der Waals surface area contributed by atoms with Crippen molar-refractivity contribution in [1.29, 1.82) is 0 Å². The summed E-state index contributed by atoms with van der Waals surface area (Å²) >= 11 is 0. The number of hydrogen-bond donors (Lipinski definition) is 1. The van der Waals surface area contributed by atoms with Crippen molar-refractivity contribution in [2.75, 3.05) is 13.1 Å². The van der Waals surface area contributed by atoms with Crippen molar-refractivity contribution < 1.29 is 4.74 Å². The highest BCUT2D eigenvalue weighted by Crippen LogP contribution is 2.15. The van der Waals surface area contributed by atoms with Gasteiger partial charge in [0.05, 0.1) is 0 Å². The van der Waals surface area contributed by atoms with Crippen molar-refractivity contribution in [3.8, 4) is 5.88 Å². The van der Waals surface area contributed by atoms with Crippen molar-refractivity contribution in [2.45, 2.75) is 19.4 Å². The molecule has 0 radical (unpaired) electrons. The molecule has 1 N–H and O–H groups in total. The summed E-state index contributed by atoms with van der Waals surface area (Å²) in [4.78, 5) is 7.99. The third-order valence-electron chi connectivity index (χ3n) is 2.14. The second-order valence-corrected chi connectivity index (χ2v) is 3.24. The van der Waals surface area contributed by atoms with Gasteiger partial charge in [0.15, 0.2) is 0 Å². The summed E-state index contributed by atoms with van der Waals surface area (Å²) in [6.45, 7) is 3.91. The van der Waals surface area contributed by atoms with Crippen molar-refractivity contribution in [1.82, 2.24) is 15.3 Å². The van der Waals surface area contributed by atoms with Crippen LogP contribution in [0.2, 0.25) is 0 Å². The largest absolute Gasteiger partial charge is 0.473 e. The first kappa shape index (κ1) is 8.44. The van der Waals surface area contributed by atoms with Crippen LogP contribution in [0.25, 0.3) is 0 Å². The molecule has 0 unspecified atom stereocenters. The van der Waals surface area contributed by atoms with Crippen LogP contribution in [0.1, 0.15) is 12.0 Å². The highest BCUT2D eigenvalue weighted by atomic mass is 16.5. The molecule has 0 spiro atoms. The van der Waals surface area contributed by atoms with Gasteiger partial charge < -0.3 is 10.1 Å². The molecule has 1 atom stereocenters. The molecule has 1 fully saturated rings. The molecule has 0 saturated carbocycles. The maximum atomic E-state index is 5.69. The Hall–Kier alpha value is -1.16. The summed E-state index contributed by atoms with van der Waals surface area (Å²) in [5, 5.41) is 3.24. The monoisotopic (exact) mass is 179 g/mol. The molecular formula is C9H13N3O. The van der Waals surface area contributed by atoms with Gasteiger partial charge in [-0.25, -0.2) is 9.97 Å². The molecule has 4 nitrogen and oxygen atoms in total. The van der Waals surface area contributed by atoms with E-state index in [4.69, 9.17) is 4.74 Å². The standard InChI is InChI=1S/C9H13N3O/c1-7-4-11-6-12-9(7)13-8-2-3-10-5-8/h4,6,8,10H,2-3,5H2,1H3/t8-/m0/s1. The zero-order valence-corrected chi connectivity index (χ0v) is 7.66. The topological polar surface area (TPSA) is 47.0 Å². The lowest BCUT2D eigenvalue weighted by molar-refractivity contribution is 0.212. The number of aromatic nitrogens is 2. The van der Waals surface area contributed by atoms with Gasteiger partial charge in [0, 0.05) is 18.3 Å². The van der Waals surface area contributed by atoms with E-state index in [1.54, 1.807) is 6.20 Å². The molecule has 4 heteroatoms. The molecule has 13 heavy (non-hydrogen) atoms. The third kappa shape index (κ3) is 1.95. The number of nitrogens with zero attached hydrogens (tertiary/aromatic N) is 2. The maximum Gasteiger partial charge on any atom is 0.219 e. The minimum Gasteiger partial charge on any atom is -0.473 e. The van der Waals surface area contributed by atoms with Crippen LogP contribution in [0.5, 0.6) is 5.88 Å².